The maximum Gasteiger partial charge on any atom is 0.171 e. The molecule has 13 rings (SSSR count). The van der Waals surface area contributed by atoms with Crippen LogP contribution in [0.1, 0.15) is 11.1 Å². The van der Waals surface area contributed by atoms with E-state index in [-0.39, 0.29) is 11.0 Å². The minimum absolute atomic E-state index is 0. The average Bonchev–Trinajstić information content (AvgIpc) is 0.954. The maximum absolute atomic E-state index is 13.8. The van der Waals surface area contributed by atoms with Gasteiger partial charge in [0.1, 0.15) is 0 Å². The highest BCUT2D eigenvalue weighted by molar-refractivity contribution is 7.86. The summed E-state index contributed by atoms with van der Waals surface area (Å²) in [5.41, 5.74) is 1.72. The molecule has 13 aromatic rings. The molecule has 13 aromatic carbocycles. The van der Waals surface area contributed by atoms with Gasteiger partial charge in [-0.15, -0.1) is 12.8 Å². The summed E-state index contributed by atoms with van der Waals surface area (Å²) in [5.74, 6) is 5.02. The summed E-state index contributed by atoms with van der Waals surface area (Å²) in [6.07, 6.45) is 10.3. The van der Waals surface area contributed by atoms with Crippen LogP contribution in [0.4, 0.5) is 0 Å². The normalized spacial score (nSPS) is 10.6. The molecule has 0 spiro atoms. The molecule has 0 heterocycles. The second-order valence-electron chi connectivity index (χ2n) is 20.3. The molecule has 10 heteroatoms. The molecule has 0 saturated carbocycles. The smallest absolute Gasteiger partial charge is 0.171 e. The molecule has 0 aromatic heterocycles. The van der Waals surface area contributed by atoms with Crippen molar-refractivity contribution in [1.82, 2.24) is 0 Å². The molecule has 0 unspecified atom stereocenters. The van der Waals surface area contributed by atoms with E-state index < -0.39 is 28.6 Å². The first-order valence-corrected chi connectivity index (χ1v) is 36.1. The van der Waals surface area contributed by atoms with E-state index in [0.717, 1.165) is 74.8 Å². The third-order valence-electron chi connectivity index (χ3n) is 14.7. The molecule has 4 N–H and O–H groups in total. The first-order chi connectivity index (χ1) is 44.1. The van der Waals surface area contributed by atoms with Crippen molar-refractivity contribution in [3.63, 3.8) is 0 Å². The van der Waals surface area contributed by atoms with Crippen molar-refractivity contribution in [3.8, 4) is 24.7 Å². The molecule has 0 fully saturated rings. The van der Waals surface area contributed by atoms with Gasteiger partial charge in [-0.1, -0.05) is 376 Å². The molecule has 0 aliphatic rings. The zero-order chi connectivity index (χ0) is 62.8. The van der Waals surface area contributed by atoms with Gasteiger partial charge in [-0.05, 0) is 24.3 Å². The second kappa shape index (κ2) is 34.7. The first kappa shape index (κ1) is 69.3. The monoisotopic (exact) mass is 1270 g/mol. The Balaban J connectivity index is 0.000000165. The van der Waals surface area contributed by atoms with E-state index in [2.05, 4.69) is 11.8 Å². The standard InChI is InChI=1S/4C18H15OP.C10H6.2H2O/c4*19-20(16-10-4-1-5-11-16,17-12-6-2-7-13-17)18-14-8-3-9-15-18;1-3-9-5-7-10(4-2)8-6-9;;/h4*1-15H;1-2,5-8H;2*1H2. The molecule has 0 atom stereocenters. The van der Waals surface area contributed by atoms with E-state index in [1.807, 2.05) is 388 Å². The average molecular weight is 1280 g/mol. The Morgan fingerprint density at radius 2 is 0.250 bits per heavy atom. The van der Waals surface area contributed by atoms with Crippen LogP contribution in [0, 0.1) is 24.7 Å². The van der Waals surface area contributed by atoms with Gasteiger partial charge in [0.25, 0.3) is 0 Å². The van der Waals surface area contributed by atoms with Crippen LogP contribution in [-0.2, 0) is 18.3 Å². The zero-order valence-electron chi connectivity index (χ0n) is 50.5. The summed E-state index contributed by atoms with van der Waals surface area (Å²) < 4.78 is 55.3. The van der Waals surface area contributed by atoms with Gasteiger partial charge >= 0.3 is 0 Å². The van der Waals surface area contributed by atoms with E-state index in [4.69, 9.17) is 12.8 Å². The molecule has 0 saturated heterocycles. The molecule has 0 radical (unpaired) electrons. The Labute approximate surface area is 542 Å². The molecule has 0 amide bonds. The summed E-state index contributed by atoms with van der Waals surface area (Å²) in [6.45, 7) is 0. The molecule has 92 heavy (non-hydrogen) atoms. The summed E-state index contributed by atoms with van der Waals surface area (Å²) in [6, 6.07) is 124. The highest BCUT2D eigenvalue weighted by Gasteiger charge is 2.32. The predicted octanol–water partition coefficient (Wildman–Crippen LogP) is 13.3. The van der Waals surface area contributed by atoms with Gasteiger partial charge < -0.3 is 29.2 Å². The lowest BCUT2D eigenvalue weighted by molar-refractivity contribution is 0.591. The highest BCUT2D eigenvalue weighted by Crippen LogP contribution is 2.45. The summed E-state index contributed by atoms with van der Waals surface area (Å²) in [4.78, 5) is 0. The van der Waals surface area contributed by atoms with Crippen LogP contribution >= 0.6 is 28.6 Å². The van der Waals surface area contributed by atoms with Crippen molar-refractivity contribution in [3.05, 3.63) is 399 Å². The van der Waals surface area contributed by atoms with Gasteiger partial charge in [-0.25, -0.2) is 0 Å². The van der Waals surface area contributed by atoms with Crippen LogP contribution in [0.3, 0.4) is 0 Å². The largest absolute Gasteiger partial charge is 0.412 e. The Kier molecular flexibility index (Phi) is 26.1. The van der Waals surface area contributed by atoms with Gasteiger partial charge in [0.2, 0.25) is 0 Å². The lowest BCUT2D eigenvalue weighted by Gasteiger charge is -2.19. The Morgan fingerprint density at radius 3 is 0.326 bits per heavy atom. The van der Waals surface area contributed by atoms with Crippen molar-refractivity contribution < 1.29 is 29.2 Å². The van der Waals surface area contributed by atoms with E-state index in [9.17, 15) is 18.3 Å². The van der Waals surface area contributed by atoms with Crippen LogP contribution in [-0.4, -0.2) is 11.0 Å². The van der Waals surface area contributed by atoms with E-state index in [1.165, 1.54) is 0 Å². The fourth-order valence-electron chi connectivity index (χ4n) is 10.1. The molecular formula is C82H70O6P4. The zero-order valence-corrected chi connectivity index (χ0v) is 54.1. The Hall–Kier alpha value is -10.2. The quantitative estimate of drug-likeness (QED) is 0.0890. The van der Waals surface area contributed by atoms with Gasteiger partial charge in [0.05, 0.1) is 0 Å². The van der Waals surface area contributed by atoms with Gasteiger partial charge in [0, 0.05) is 74.8 Å². The molecule has 0 aliphatic carbocycles. The second-order valence-corrected chi connectivity index (χ2v) is 31.4. The molecule has 6 nitrogen and oxygen atoms in total. The third kappa shape index (κ3) is 16.8. The number of hydrogen-bond donors (Lipinski definition) is 0. The lowest BCUT2D eigenvalue weighted by Crippen LogP contribution is -2.24. The van der Waals surface area contributed by atoms with Crippen LogP contribution in [0.15, 0.2) is 388 Å². The van der Waals surface area contributed by atoms with Crippen LogP contribution in [0.2, 0.25) is 0 Å². The molecule has 0 bridgehead atoms. The topological polar surface area (TPSA) is 131 Å². The summed E-state index contributed by atoms with van der Waals surface area (Å²) >= 11 is 0. The fraction of sp³-hybridized carbons (Fsp3) is 0. The number of benzene rings is 13. The van der Waals surface area contributed by atoms with Gasteiger partial charge in [-0.3, -0.25) is 0 Å². The summed E-state index contributed by atoms with van der Waals surface area (Å²) in [7, 11) is -11.1. The predicted molar refractivity (Wildman–Crippen MR) is 393 cm³/mol. The van der Waals surface area contributed by atoms with Crippen molar-refractivity contribution in [1.29, 1.82) is 0 Å². The molecular weight excluding hydrogens is 1200 g/mol. The van der Waals surface area contributed by atoms with Crippen molar-refractivity contribution in [2.24, 2.45) is 0 Å². The van der Waals surface area contributed by atoms with Gasteiger partial charge in [0.15, 0.2) is 28.6 Å². The third-order valence-corrected chi connectivity index (χ3v) is 27.0. The van der Waals surface area contributed by atoms with Crippen LogP contribution in [0.25, 0.3) is 0 Å². The number of hydrogen-bond acceptors (Lipinski definition) is 4. The minimum Gasteiger partial charge on any atom is -0.412 e. The molecule has 454 valence electrons. The van der Waals surface area contributed by atoms with E-state index in [1.54, 1.807) is 0 Å². The van der Waals surface area contributed by atoms with Crippen LogP contribution < -0.4 is 63.7 Å². The minimum atomic E-state index is -2.78. The Bertz CT molecular complexity index is 3570. The fourth-order valence-corrected chi connectivity index (χ4v) is 20.8. The first-order valence-electron chi connectivity index (χ1n) is 29.2. The van der Waals surface area contributed by atoms with E-state index >= 15 is 0 Å². The summed E-state index contributed by atoms with van der Waals surface area (Å²) in [5, 5.41) is 10.5. The lowest BCUT2D eigenvalue weighted by atomic mass is 10.1. The van der Waals surface area contributed by atoms with Crippen molar-refractivity contribution >= 4 is 92.2 Å². The van der Waals surface area contributed by atoms with E-state index in [0.29, 0.717) is 0 Å². The van der Waals surface area contributed by atoms with Gasteiger partial charge in [-0.2, -0.15) is 0 Å². The van der Waals surface area contributed by atoms with Crippen molar-refractivity contribution in [2.45, 2.75) is 0 Å². The number of terminal acetylenes is 2. The Morgan fingerprint density at radius 1 is 0.163 bits per heavy atom. The maximum atomic E-state index is 13.8. The molecule has 0 aliphatic heterocycles. The van der Waals surface area contributed by atoms with Crippen molar-refractivity contribution in [2.75, 3.05) is 0 Å². The highest BCUT2D eigenvalue weighted by atomic mass is 31.2. The van der Waals surface area contributed by atoms with Crippen LogP contribution in [0.5, 0.6) is 0 Å². The number of rotatable bonds is 12. The SMILES string of the molecule is C#Cc1ccc(C#C)cc1.O.O.O=P(c1ccccc1)(c1ccccc1)c1ccccc1.O=P(c1ccccc1)(c1ccccc1)c1ccccc1.O=P(c1ccccc1)(c1ccccc1)c1ccccc1.O=P(c1ccccc1)(c1ccccc1)c1ccccc1.